The molecule has 1 heterocycles. The van der Waals surface area contributed by atoms with Gasteiger partial charge in [0.2, 0.25) is 0 Å². The maximum absolute atomic E-state index is 12.3. The third kappa shape index (κ3) is 3.64. The smallest absolute Gasteiger partial charge is 0.281 e. The molecule has 0 aromatic heterocycles. The van der Waals surface area contributed by atoms with E-state index in [1.165, 1.54) is 0 Å². The fourth-order valence-corrected chi connectivity index (χ4v) is 3.96. The van der Waals surface area contributed by atoms with Gasteiger partial charge in [-0.25, -0.2) is 0 Å². The molecule has 1 rings (SSSR count). The van der Waals surface area contributed by atoms with Crippen LogP contribution in [0.2, 0.25) is 0 Å². The van der Waals surface area contributed by atoms with Crippen molar-refractivity contribution in [2.75, 3.05) is 32.7 Å². The van der Waals surface area contributed by atoms with E-state index < -0.39 is 10.2 Å². The van der Waals surface area contributed by atoms with Crippen LogP contribution in [0.1, 0.15) is 33.1 Å². The summed E-state index contributed by atoms with van der Waals surface area (Å²) in [6, 6.07) is 0. The summed E-state index contributed by atoms with van der Waals surface area (Å²) in [5.74, 6) is 0.489. The maximum atomic E-state index is 12.3. The molecule has 2 N–H and O–H groups in total. The van der Waals surface area contributed by atoms with E-state index in [1.54, 1.807) is 8.61 Å². The van der Waals surface area contributed by atoms with Crippen molar-refractivity contribution >= 4 is 10.2 Å². The molecule has 1 aliphatic heterocycles. The molecule has 1 fully saturated rings. The highest BCUT2D eigenvalue weighted by Gasteiger charge is 2.31. The second kappa shape index (κ2) is 6.68. The van der Waals surface area contributed by atoms with Crippen molar-refractivity contribution in [2.45, 2.75) is 33.1 Å². The van der Waals surface area contributed by atoms with Crippen LogP contribution < -0.4 is 5.73 Å². The highest BCUT2D eigenvalue weighted by Crippen LogP contribution is 2.20. The van der Waals surface area contributed by atoms with Crippen LogP contribution >= 0.6 is 0 Å². The van der Waals surface area contributed by atoms with Crippen molar-refractivity contribution in [3.63, 3.8) is 0 Å². The van der Waals surface area contributed by atoms with Crippen LogP contribution in [0.3, 0.4) is 0 Å². The molecule has 0 spiro atoms. The molecule has 1 aliphatic rings. The molecule has 102 valence electrons. The SMILES string of the molecule is CCCN(CC)S(=O)(=O)N1CCC(CN)CC1. The number of hydrogen-bond acceptors (Lipinski definition) is 3. The molecule has 0 aliphatic carbocycles. The van der Waals surface area contributed by atoms with Crippen LogP contribution in [-0.4, -0.2) is 49.8 Å². The van der Waals surface area contributed by atoms with E-state index in [0.717, 1.165) is 19.3 Å². The summed E-state index contributed by atoms with van der Waals surface area (Å²) in [5, 5.41) is 0. The van der Waals surface area contributed by atoms with E-state index in [9.17, 15) is 8.42 Å². The lowest BCUT2D eigenvalue weighted by Crippen LogP contribution is -2.47. The van der Waals surface area contributed by atoms with Gasteiger partial charge in [-0.05, 0) is 31.7 Å². The van der Waals surface area contributed by atoms with Gasteiger partial charge in [-0.1, -0.05) is 13.8 Å². The molecule has 0 amide bonds. The quantitative estimate of drug-likeness (QED) is 0.764. The summed E-state index contributed by atoms with van der Waals surface area (Å²) in [4.78, 5) is 0. The summed E-state index contributed by atoms with van der Waals surface area (Å²) < 4.78 is 27.8. The van der Waals surface area contributed by atoms with Gasteiger partial charge in [-0.3, -0.25) is 0 Å². The van der Waals surface area contributed by atoms with Crippen molar-refractivity contribution in [3.05, 3.63) is 0 Å². The lowest BCUT2D eigenvalue weighted by atomic mass is 9.99. The van der Waals surface area contributed by atoms with Gasteiger partial charge in [0.05, 0.1) is 0 Å². The van der Waals surface area contributed by atoms with Crippen LogP contribution in [-0.2, 0) is 10.2 Å². The third-order valence-electron chi connectivity index (χ3n) is 3.39. The molecule has 0 radical (unpaired) electrons. The Kier molecular flexibility index (Phi) is 5.85. The first-order valence-corrected chi connectivity index (χ1v) is 7.91. The minimum absolute atomic E-state index is 0.489. The maximum Gasteiger partial charge on any atom is 0.281 e. The molecular weight excluding hydrogens is 238 g/mol. The van der Waals surface area contributed by atoms with Crippen molar-refractivity contribution in [1.29, 1.82) is 0 Å². The van der Waals surface area contributed by atoms with Crippen molar-refractivity contribution in [3.8, 4) is 0 Å². The van der Waals surface area contributed by atoms with E-state index in [2.05, 4.69) is 0 Å². The van der Waals surface area contributed by atoms with E-state index in [0.29, 0.717) is 38.6 Å². The average molecular weight is 263 g/mol. The minimum Gasteiger partial charge on any atom is -0.330 e. The van der Waals surface area contributed by atoms with E-state index >= 15 is 0 Å². The number of piperidine rings is 1. The zero-order valence-electron chi connectivity index (χ0n) is 10.9. The molecule has 0 aromatic carbocycles. The number of nitrogens with two attached hydrogens (primary N) is 1. The first-order valence-electron chi connectivity index (χ1n) is 6.51. The Morgan fingerprint density at radius 3 is 2.29 bits per heavy atom. The molecule has 0 atom stereocenters. The summed E-state index contributed by atoms with van der Waals surface area (Å²) >= 11 is 0. The Bertz CT molecular complexity index is 311. The van der Waals surface area contributed by atoms with Crippen LogP contribution in [0.25, 0.3) is 0 Å². The summed E-state index contributed by atoms with van der Waals surface area (Å²) in [5.41, 5.74) is 5.61. The first kappa shape index (κ1) is 14.9. The summed E-state index contributed by atoms with van der Waals surface area (Å²) in [7, 11) is -3.24. The monoisotopic (exact) mass is 263 g/mol. The molecule has 0 bridgehead atoms. The van der Waals surface area contributed by atoms with E-state index in [-0.39, 0.29) is 0 Å². The second-order valence-electron chi connectivity index (χ2n) is 4.58. The lowest BCUT2D eigenvalue weighted by molar-refractivity contribution is 0.258. The Morgan fingerprint density at radius 2 is 1.88 bits per heavy atom. The fourth-order valence-electron chi connectivity index (χ4n) is 2.23. The molecule has 1 saturated heterocycles. The van der Waals surface area contributed by atoms with Crippen molar-refractivity contribution in [2.24, 2.45) is 11.7 Å². The molecule has 0 aromatic rings. The summed E-state index contributed by atoms with van der Waals surface area (Å²) in [6.07, 6.45) is 2.63. The largest absolute Gasteiger partial charge is 0.330 e. The highest BCUT2D eigenvalue weighted by atomic mass is 32.2. The van der Waals surface area contributed by atoms with Gasteiger partial charge in [0.25, 0.3) is 10.2 Å². The normalized spacial score (nSPS) is 20.0. The summed E-state index contributed by atoms with van der Waals surface area (Å²) in [6.45, 7) is 6.94. The number of rotatable bonds is 6. The fraction of sp³-hybridized carbons (Fsp3) is 1.00. The third-order valence-corrected chi connectivity index (χ3v) is 5.50. The van der Waals surface area contributed by atoms with Crippen LogP contribution in [0, 0.1) is 5.92 Å². The number of hydrogen-bond donors (Lipinski definition) is 1. The van der Waals surface area contributed by atoms with Crippen LogP contribution in [0.5, 0.6) is 0 Å². The molecule has 0 saturated carbocycles. The molecule has 6 heteroatoms. The Labute approximate surface area is 105 Å². The van der Waals surface area contributed by atoms with Gasteiger partial charge in [0.15, 0.2) is 0 Å². The zero-order chi connectivity index (χ0) is 12.9. The van der Waals surface area contributed by atoms with Gasteiger partial charge < -0.3 is 5.73 Å². The molecular formula is C11H25N3O2S. The minimum atomic E-state index is -3.24. The molecule has 17 heavy (non-hydrogen) atoms. The van der Waals surface area contributed by atoms with Gasteiger partial charge in [-0.15, -0.1) is 0 Å². The standard InChI is InChI=1S/C11H25N3O2S/c1-3-7-13(4-2)17(15,16)14-8-5-11(10-12)6-9-14/h11H,3-10,12H2,1-2H3. The predicted octanol–water partition coefficient (Wildman–Crippen LogP) is 0.634. The van der Waals surface area contributed by atoms with Crippen LogP contribution in [0.15, 0.2) is 0 Å². The highest BCUT2D eigenvalue weighted by molar-refractivity contribution is 7.86. The van der Waals surface area contributed by atoms with Gasteiger partial charge in [0, 0.05) is 26.2 Å². The van der Waals surface area contributed by atoms with Crippen molar-refractivity contribution in [1.82, 2.24) is 8.61 Å². The van der Waals surface area contributed by atoms with Crippen LogP contribution in [0.4, 0.5) is 0 Å². The Balaban J connectivity index is 2.64. The molecule has 5 nitrogen and oxygen atoms in total. The Morgan fingerprint density at radius 1 is 1.29 bits per heavy atom. The second-order valence-corrected chi connectivity index (χ2v) is 6.51. The number of nitrogens with zero attached hydrogens (tertiary/aromatic N) is 2. The van der Waals surface area contributed by atoms with E-state index in [1.807, 2.05) is 13.8 Å². The zero-order valence-corrected chi connectivity index (χ0v) is 11.7. The topological polar surface area (TPSA) is 66.6 Å². The van der Waals surface area contributed by atoms with E-state index in [4.69, 9.17) is 5.73 Å². The predicted molar refractivity (Wildman–Crippen MR) is 69.8 cm³/mol. The average Bonchev–Trinajstić information content (AvgIpc) is 2.35. The van der Waals surface area contributed by atoms with Gasteiger partial charge >= 0.3 is 0 Å². The van der Waals surface area contributed by atoms with Crippen molar-refractivity contribution < 1.29 is 8.42 Å². The van der Waals surface area contributed by atoms with Gasteiger partial charge in [0.1, 0.15) is 0 Å². The first-order chi connectivity index (χ1) is 8.06. The Hall–Kier alpha value is -0.170. The van der Waals surface area contributed by atoms with Gasteiger partial charge in [-0.2, -0.15) is 17.0 Å². The lowest BCUT2D eigenvalue weighted by Gasteiger charge is -2.34. The molecule has 0 unspecified atom stereocenters.